The van der Waals surface area contributed by atoms with Gasteiger partial charge in [-0.2, -0.15) is 0 Å². The highest BCUT2D eigenvalue weighted by Gasteiger charge is 2.15. The molecule has 1 aliphatic rings. The second kappa shape index (κ2) is 7.46. The number of hydrogen-bond acceptors (Lipinski definition) is 3. The normalized spacial score (nSPS) is 15.9. The predicted molar refractivity (Wildman–Crippen MR) is 87.2 cm³/mol. The molecule has 0 aromatic heterocycles. The van der Waals surface area contributed by atoms with Crippen molar-refractivity contribution in [2.75, 3.05) is 31.9 Å². The second-order valence-electron chi connectivity index (χ2n) is 5.73. The molecule has 21 heavy (non-hydrogen) atoms. The van der Waals surface area contributed by atoms with Gasteiger partial charge >= 0.3 is 0 Å². The van der Waals surface area contributed by atoms with E-state index in [1.165, 1.54) is 19.3 Å². The molecule has 0 unspecified atom stereocenters. The van der Waals surface area contributed by atoms with Crippen molar-refractivity contribution in [1.29, 1.82) is 0 Å². The van der Waals surface area contributed by atoms with Crippen molar-refractivity contribution in [3.05, 3.63) is 29.3 Å². The van der Waals surface area contributed by atoms with E-state index >= 15 is 0 Å². The molecule has 1 aromatic rings. The molecular formula is C17H27N3O. The maximum atomic E-state index is 12.3. The Morgan fingerprint density at radius 3 is 2.43 bits per heavy atom. The second-order valence-corrected chi connectivity index (χ2v) is 5.73. The first kappa shape index (κ1) is 15.8. The van der Waals surface area contributed by atoms with Gasteiger partial charge in [0.25, 0.3) is 5.91 Å². The number of nitrogens with two attached hydrogens (primary N) is 1. The third kappa shape index (κ3) is 3.97. The van der Waals surface area contributed by atoms with Crippen LogP contribution in [0.2, 0.25) is 0 Å². The van der Waals surface area contributed by atoms with Gasteiger partial charge in [-0.25, -0.2) is 0 Å². The summed E-state index contributed by atoms with van der Waals surface area (Å²) < 4.78 is 0. The molecule has 4 nitrogen and oxygen atoms in total. The third-order valence-electron chi connectivity index (χ3n) is 4.29. The van der Waals surface area contributed by atoms with Gasteiger partial charge in [0.05, 0.1) is 0 Å². The summed E-state index contributed by atoms with van der Waals surface area (Å²) in [6.07, 6.45) is 3.89. The summed E-state index contributed by atoms with van der Waals surface area (Å²) in [5.74, 6) is 0.0659. The zero-order chi connectivity index (χ0) is 15.2. The van der Waals surface area contributed by atoms with Crippen molar-refractivity contribution in [2.24, 2.45) is 0 Å². The van der Waals surface area contributed by atoms with Crippen LogP contribution in [0.15, 0.2) is 18.2 Å². The van der Waals surface area contributed by atoms with Crippen molar-refractivity contribution in [3.63, 3.8) is 0 Å². The molecule has 1 aliphatic heterocycles. The summed E-state index contributed by atoms with van der Waals surface area (Å²) in [5.41, 5.74) is 8.72. The van der Waals surface area contributed by atoms with Gasteiger partial charge in [0, 0.05) is 30.9 Å². The average molecular weight is 289 g/mol. The third-order valence-corrected chi connectivity index (χ3v) is 4.29. The molecule has 0 aliphatic carbocycles. The molecule has 4 heteroatoms. The number of benzene rings is 1. The zero-order valence-corrected chi connectivity index (χ0v) is 13.3. The Kier molecular flexibility index (Phi) is 5.62. The van der Waals surface area contributed by atoms with Crippen LogP contribution in [0.3, 0.4) is 0 Å². The Morgan fingerprint density at radius 2 is 1.86 bits per heavy atom. The van der Waals surface area contributed by atoms with E-state index in [0.717, 1.165) is 44.0 Å². The van der Waals surface area contributed by atoms with Crippen molar-refractivity contribution in [3.8, 4) is 0 Å². The van der Waals surface area contributed by atoms with Crippen molar-refractivity contribution in [2.45, 2.75) is 39.7 Å². The molecular weight excluding hydrogens is 262 g/mol. The first-order valence-electron chi connectivity index (χ1n) is 8.05. The zero-order valence-electron chi connectivity index (χ0n) is 13.3. The monoisotopic (exact) mass is 289 g/mol. The van der Waals surface area contributed by atoms with Crippen LogP contribution in [-0.2, 0) is 6.54 Å². The molecule has 0 atom stereocenters. The summed E-state index contributed by atoms with van der Waals surface area (Å²) in [6.45, 7) is 8.64. The number of carbonyl (C=O) groups excluding carboxylic acids is 1. The molecule has 1 heterocycles. The van der Waals surface area contributed by atoms with Crippen LogP contribution in [0.25, 0.3) is 0 Å². The number of likely N-dealkylation sites (tertiary alicyclic amines) is 1. The summed E-state index contributed by atoms with van der Waals surface area (Å²) in [7, 11) is 0. The van der Waals surface area contributed by atoms with Crippen LogP contribution in [0, 0.1) is 0 Å². The lowest BCUT2D eigenvalue weighted by atomic mass is 10.1. The largest absolute Gasteiger partial charge is 0.398 e. The van der Waals surface area contributed by atoms with Crippen LogP contribution in [0.5, 0.6) is 0 Å². The van der Waals surface area contributed by atoms with Gasteiger partial charge in [0.2, 0.25) is 0 Å². The number of nitrogen functional groups attached to an aromatic ring is 1. The molecule has 1 aromatic carbocycles. The lowest BCUT2D eigenvalue weighted by molar-refractivity contribution is 0.0773. The molecule has 0 saturated carbocycles. The van der Waals surface area contributed by atoms with E-state index in [4.69, 9.17) is 5.73 Å². The van der Waals surface area contributed by atoms with Crippen LogP contribution < -0.4 is 5.73 Å². The first-order valence-corrected chi connectivity index (χ1v) is 8.05. The summed E-state index contributed by atoms with van der Waals surface area (Å²) in [5, 5.41) is 0. The van der Waals surface area contributed by atoms with E-state index in [0.29, 0.717) is 5.56 Å². The van der Waals surface area contributed by atoms with Crippen LogP contribution in [-0.4, -0.2) is 41.9 Å². The number of amides is 1. The lowest BCUT2D eigenvalue weighted by Crippen LogP contribution is -2.31. The lowest BCUT2D eigenvalue weighted by Gasteiger charge is -2.27. The SMILES string of the molecule is CCN(CC)C(=O)c1ccc(CN2CCCCC2)c(N)c1. The number of piperidine rings is 1. The molecule has 0 radical (unpaired) electrons. The Balaban J connectivity index is 2.07. The van der Waals surface area contributed by atoms with Crippen molar-refractivity contribution in [1.82, 2.24) is 9.80 Å². The van der Waals surface area contributed by atoms with Gasteiger partial charge in [-0.15, -0.1) is 0 Å². The van der Waals surface area contributed by atoms with Crippen LogP contribution >= 0.6 is 0 Å². The molecule has 2 N–H and O–H groups in total. The molecule has 0 spiro atoms. The van der Waals surface area contributed by atoms with E-state index in [2.05, 4.69) is 4.90 Å². The molecule has 1 amide bonds. The Bertz CT molecular complexity index is 477. The Morgan fingerprint density at radius 1 is 1.19 bits per heavy atom. The fourth-order valence-electron chi connectivity index (χ4n) is 2.92. The number of anilines is 1. The number of rotatable bonds is 5. The minimum atomic E-state index is 0.0659. The fraction of sp³-hybridized carbons (Fsp3) is 0.588. The maximum Gasteiger partial charge on any atom is 0.253 e. The topological polar surface area (TPSA) is 49.6 Å². The van der Waals surface area contributed by atoms with Gasteiger partial charge < -0.3 is 10.6 Å². The summed E-state index contributed by atoms with van der Waals surface area (Å²) in [6, 6.07) is 5.76. The van der Waals surface area contributed by atoms with Gasteiger partial charge in [0.1, 0.15) is 0 Å². The highest BCUT2D eigenvalue weighted by atomic mass is 16.2. The Labute approximate surface area is 127 Å². The highest BCUT2D eigenvalue weighted by molar-refractivity contribution is 5.95. The maximum absolute atomic E-state index is 12.3. The first-order chi connectivity index (χ1) is 10.2. The predicted octanol–water partition coefficient (Wildman–Crippen LogP) is 2.74. The fourth-order valence-corrected chi connectivity index (χ4v) is 2.92. The highest BCUT2D eigenvalue weighted by Crippen LogP contribution is 2.20. The van der Waals surface area contributed by atoms with Crippen molar-refractivity contribution < 1.29 is 4.79 Å². The van der Waals surface area contributed by atoms with E-state index in [1.807, 2.05) is 36.9 Å². The van der Waals surface area contributed by atoms with Gasteiger partial charge in [0.15, 0.2) is 0 Å². The molecule has 1 saturated heterocycles. The molecule has 1 fully saturated rings. The van der Waals surface area contributed by atoms with E-state index in [-0.39, 0.29) is 5.91 Å². The minimum absolute atomic E-state index is 0.0659. The number of nitrogens with zero attached hydrogens (tertiary/aromatic N) is 2. The van der Waals surface area contributed by atoms with Gasteiger partial charge in [-0.05, 0) is 57.5 Å². The van der Waals surface area contributed by atoms with Gasteiger partial charge in [-0.3, -0.25) is 9.69 Å². The van der Waals surface area contributed by atoms with E-state index < -0.39 is 0 Å². The van der Waals surface area contributed by atoms with Gasteiger partial charge in [-0.1, -0.05) is 12.5 Å². The standard InChI is InChI=1S/C17H27N3O/c1-3-20(4-2)17(21)14-8-9-15(16(18)12-14)13-19-10-6-5-7-11-19/h8-9,12H,3-7,10-11,13,18H2,1-2H3. The minimum Gasteiger partial charge on any atom is -0.398 e. The summed E-state index contributed by atoms with van der Waals surface area (Å²) >= 11 is 0. The summed E-state index contributed by atoms with van der Waals surface area (Å²) in [4.78, 5) is 16.6. The van der Waals surface area contributed by atoms with E-state index in [1.54, 1.807) is 0 Å². The molecule has 116 valence electrons. The van der Waals surface area contributed by atoms with Crippen LogP contribution in [0.4, 0.5) is 5.69 Å². The molecule has 0 bridgehead atoms. The average Bonchev–Trinajstić information content (AvgIpc) is 2.51. The molecule has 2 rings (SSSR count). The number of hydrogen-bond donors (Lipinski definition) is 1. The van der Waals surface area contributed by atoms with Crippen LogP contribution in [0.1, 0.15) is 49.0 Å². The van der Waals surface area contributed by atoms with E-state index in [9.17, 15) is 4.79 Å². The quantitative estimate of drug-likeness (QED) is 0.848. The number of carbonyl (C=O) groups is 1. The Hall–Kier alpha value is -1.55. The van der Waals surface area contributed by atoms with Crippen molar-refractivity contribution >= 4 is 11.6 Å². The smallest absolute Gasteiger partial charge is 0.253 e.